The lowest BCUT2D eigenvalue weighted by Gasteiger charge is -2.00. The molecule has 0 saturated carbocycles. The van der Waals surface area contributed by atoms with Crippen molar-refractivity contribution in [2.24, 2.45) is 4.99 Å². The van der Waals surface area contributed by atoms with Gasteiger partial charge in [0, 0.05) is 12.3 Å². The molecular weight excluding hydrogens is 146 g/mol. The first kappa shape index (κ1) is 8.98. The molecule has 1 heteroatoms. The van der Waals surface area contributed by atoms with Crippen molar-refractivity contribution in [3.8, 4) is 0 Å². The number of aliphatic imine (C=N–C) groups is 1. The largest absolute Gasteiger partial charge is 0.290 e. The fraction of sp³-hybridized carbons (Fsp3) is 0.364. The molecule has 1 aromatic rings. The van der Waals surface area contributed by atoms with E-state index in [4.69, 9.17) is 0 Å². The molecule has 0 fully saturated rings. The van der Waals surface area contributed by atoms with Crippen LogP contribution in [0.5, 0.6) is 0 Å². The Morgan fingerprint density at radius 2 is 2.17 bits per heavy atom. The Kier molecular flexibility index (Phi) is 3.03. The summed E-state index contributed by atoms with van der Waals surface area (Å²) in [5.74, 6) is 0. The zero-order valence-electron chi connectivity index (χ0n) is 7.96. The summed E-state index contributed by atoms with van der Waals surface area (Å²) >= 11 is 0. The van der Waals surface area contributed by atoms with Gasteiger partial charge in [-0.1, -0.05) is 29.8 Å². The quantitative estimate of drug-likeness (QED) is 0.591. The van der Waals surface area contributed by atoms with Crippen LogP contribution in [0, 0.1) is 6.92 Å². The maximum absolute atomic E-state index is 4.35. The second-order valence-corrected chi connectivity index (χ2v) is 2.93. The maximum atomic E-state index is 4.35. The fourth-order valence-electron chi connectivity index (χ4n) is 1.20. The van der Waals surface area contributed by atoms with Crippen LogP contribution >= 0.6 is 0 Å². The zero-order valence-corrected chi connectivity index (χ0v) is 7.96. The number of hydrogen-bond acceptors (Lipinski definition) is 1. The summed E-state index contributed by atoms with van der Waals surface area (Å²) in [6.07, 6.45) is 0. The van der Waals surface area contributed by atoms with Gasteiger partial charge in [-0.15, -0.1) is 0 Å². The van der Waals surface area contributed by atoms with Crippen molar-refractivity contribution in [3.05, 3.63) is 35.4 Å². The number of rotatable bonds is 2. The van der Waals surface area contributed by atoms with E-state index in [1.165, 1.54) is 11.1 Å². The smallest absolute Gasteiger partial charge is 0.0389 e. The second-order valence-electron chi connectivity index (χ2n) is 2.93. The standard InChI is InChI=1S/C11H15N/c1-4-12-10(3)11-7-5-6-9(2)8-11/h5-8H,4H2,1-3H3. The number of hydrogen-bond donors (Lipinski definition) is 0. The molecule has 0 heterocycles. The monoisotopic (exact) mass is 161 g/mol. The van der Waals surface area contributed by atoms with Crippen molar-refractivity contribution in [2.45, 2.75) is 20.8 Å². The van der Waals surface area contributed by atoms with E-state index in [1.807, 2.05) is 0 Å². The molecule has 1 nitrogen and oxygen atoms in total. The molecule has 64 valence electrons. The van der Waals surface area contributed by atoms with Crippen LogP contribution in [0.2, 0.25) is 0 Å². The second kappa shape index (κ2) is 4.05. The molecule has 0 saturated heterocycles. The van der Waals surface area contributed by atoms with Crippen molar-refractivity contribution in [1.29, 1.82) is 0 Å². The van der Waals surface area contributed by atoms with Crippen LogP contribution in [-0.2, 0) is 0 Å². The molecule has 12 heavy (non-hydrogen) atoms. The van der Waals surface area contributed by atoms with Gasteiger partial charge < -0.3 is 0 Å². The van der Waals surface area contributed by atoms with Crippen molar-refractivity contribution in [3.63, 3.8) is 0 Å². The minimum Gasteiger partial charge on any atom is -0.290 e. The fourth-order valence-corrected chi connectivity index (χ4v) is 1.20. The third kappa shape index (κ3) is 2.19. The molecule has 1 aromatic carbocycles. The van der Waals surface area contributed by atoms with E-state index < -0.39 is 0 Å². The summed E-state index contributed by atoms with van der Waals surface area (Å²) < 4.78 is 0. The van der Waals surface area contributed by atoms with Crippen molar-refractivity contribution in [2.75, 3.05) is 6.54 Å². The van der Waals surface area contributed by atoms with Gasteiger partial charge in [0.15, 0.2) is 0 Å². The molecule has 1 rings (SSSR count). The van der Waals surface area contributed by atoms with Crippen LogP contribution < -0.4 is 0 Å². The summed E-state index contributed by atoms with van der Waals surface area (Å²) in [6, 6.07) is 8.43. The Bertz CT molecular complexity index is 287. The first-order valence-electron chi connectivity index (χ1n) is 4.32. The Morgan fingerprint density at radius 3 is 2.75 bits per heavy atom. The lowest BCUT2D eigenvalue weighted by atomic mass is 10.1. The Balaban J connectivity index is 2.95. The molecule has 0 bridgehead atoms. The summed E-state index contributed by atoms with van der Waals surface area (Å²) in [7, 11) is 0. The lowest BCUT2D eigenvalue weighted by Crippen LogP contribution is -1.95. The zero-order chi connectivity index (χ0) is 8.97. The van der Waals surface area contributed by atoms with Gasteiger partial charge in [0.1, 0.15) is 0 Å². The Hall–Kier alpha value is -1.11. The van der Waals surface area contributed by atoms with Crippen LogP contribution in [-0.4, -0.2) is 12.3 Å². The molecule has 0 spiro atoms. The highest BCUT2D eigenvalue weighted by Crippen LogP contribution is 2.05. The Morgan fingerprint density at radius 1 is 1.42 bits per heavy atom. The van der Waals surface area contributed by atoms with E-state index in [9.17, 15) is 0 Å². The van der Waals surface area contributed by atoms with E-state index in [2.05, 4.69) is 50.0 Å². The van der Waals surface area contributed by atoms with Gasteiger partial charge >= 0.3 is 0 Å². The average molecular weight is 161 g/mol. The van der Waals surface area contributed by atoms with Crippen molar-refractivity contribution in [1.82, 2.24) is 0 Å². The molecular formula is C11H15N. The van der Waals surface area contributed by atoms with Gasteiger partial charge in [-0.25, -0.2) is 0 Å². The van der Waals surface area contributed by atoms with Gasteiger partial charge in [0.25, 0.3) is 0 Å². The van der Waals surface area contributed by atoms with Crippen LogP contribution in [0.25, 0.3) is 0 Å². The van der Waals surface area contributed by atoms with Crippen LogP contribution in [0.15, 0.2) is 29.3 Å². The van der Waals surface area contributed by atoms with E-state index >= 15 is 0 Å². The normalized spacial score (nSPS) is 11.8. The minimum absolute atomic E-state index is 0.861. The summed E-state index contributed by atoms with van der Waals surface area (Å²) in [5.41, 5.74) is 3.65. The van der Waals surface area contributed by atoms with Gasteiger partial charge in [-0.05, 0) is 26.3 Å². The molecule has 0 aliphatic carbocycles. The predicted molar refractivity (Wildman–Crippen MR) is 53.9 cm³/mol. The molecule has 0 atom stereocenters. The molecule has 0 radical (unpaired) electrons. The van der Waals surface area contributed by atoms with E-state index in [1.54, 1.807) is 0 Å². The average Bonchev–Trinajstić information content (AvgIpc) is 2.05. The van der Waals surface area contributed by atoms with Crippen LogP contribution in [0.3, 0.4) is 0 Å². The summed E-state index contributed by atoms with van der Waals surface area (Å²) in [6.45, 7) is 7.07. The predicted octanol–water partition coefficient (Wildman–Crippen LogP) is 2.82. The highest BCUT2D eigenvalue weighted by molar-refractivity contribution is 5.98. The molecule has 0 aliphatic rings. The first-order valence-corrected chi connectivity index (χ1v) is 4.32. The molecule has 0 N–H and O–H groups in total. The first-order chi connectivity index (χ1) is 5.74. The summed E-state index contributed by atoms with van der Waals surface area (Å²) in [4.78, 5) is 4.35. The van der Waals surface area contributed by atoms with Gasteiger partial charge in [0.05, 0.1) is 0 Å². The van der Waals surface area contributed by atoms with Gasteiger partial charge in [-0.3, -0.25) is 4.99 Å². The van der Waals surface area contributed by atoms with Gasteiger partial charge in [0.2, 0.25) is 0 Å². The highest BCUT2D eigenvalue weighted by Gasteiger charge is 1.94. The number of nitrogens with zero attached hydrogens (tertiary/aromatic N) is 1. The van der Waals surface area contributed by atoms with Crippen molar-refractivity contribution < 1.29 is 0 Å². The minimum atomic E-state index is 0.861. The number of benzene rings is 1. The maximum Gasteiger partial charge on any atom is 0.0389 e. The SMILES string of the molecule is CCN=C(C)c1cccc(C)c1. The molecule has 0 unspecified atom stereocenters. The topological polar surface area (TPSA) is 12.4 Å². The molecule has 0 aliphatic heterocycles. The Labute approximate surface area is 74.2 Å². The lowest BCUT2D eigenvalue weighted by molar-refractivity contribution is 1.12. The highest BCUT2D eigenvalue weighted by atomic mass is 14.7. The molecule has 0 aromatic heterocycles. The van der Waals surface area contributed by atoms with Crippen LogP contribution in [0.4, 0.5) is 0 Å². The van der Waals surface area contributed by atoms with Crippen LogP contribution in [0.1, 0.15) is 25.0 Å². The third-order valence-corrected chi connectivity index (χ3v) is 1.83. The van der Waals surface area contributed by atoms with Gasteiger partial charge in [-0.2, -0.15) is 0 Å². The summed E-state index contributed by atoms with van der Waals surface area (Å²) in [5, 5.41) is 0. The van der Waals surface area contributed by atoms with E-state index in [0.29, 0.717) is 0 Å². The third-order valence-electron chi connectivity index (χ3n) is 1.83. The van der Waals surface area contributed by atoms with E-state index in [-0.39, 0.29) is 0 Å². The number of aryl methyl sites for hydroxylation is 1. The molecule has 0 amide bonds. The van der Waals surface area contributed by atoms with E-state index in [0.717, 1.165) is 12.3 Å². The van der Waals surface area contributed by atoms with Crippen molar-refractivity contribution >= 4 is 5.71 Å².